The molecule has 20 heavy (non-hydrogen) atoms. The van der Waals surface area contributed by atoms with Crippen LogP contribution in [0.2, 0.25) is 0 Å². The second-order valence-electron chi connectivity index (χ2n) is 4.55. The van der Waals surface area contributed by atoms with E-state index >= 15 is 0 Å². The van der Waals surface area contributed by atoms with E-state index in [-0.39, 0.29) is 17.2 Å². The van der Waals surface area contributed by atoms with Gasteiger partial charge in [0.25, 0.3) is 5.91 Å². The molecule has 0 aliphatic heterocycles. The van der Waals surface area contributed by atoms with Gasteiger partial charge in [0.05, 0.1) is 5.69 Å². The molecular weight excluding hydrogens is 264 g/mol. The lowest BCUT2D eigenvalue weighted by molar-refractivity contribution is 0.0994. The molecule has 2 N–H and O–H groups in total. The smallest absolute Gasteiger partial charge is 0.255 e. The number of nitrogens with two attached hydrogens (primary N) is 1. The molecule has 0 saturated carbocycles. The second kappa shape index (κ2) is 5.40. The third kappa shape index (κ3) is 2.41. The van der Waals surface area contributed by atoms with Gasteiger partial charge in [-0.15, -0.1) is 0 Å². The van der Waals surface area contributed by atoms with Crippen LogP contribution in [0.5, 0.6) is 0 Å². The van der Waals surface area contributed by atoms with Gasteiger partial charge in [-0.25, -0.2) is 9.07 Å². The number of hydrogen-bond donors (Lipinski definition) is 1. The Kier molecular flexibility index (Phi) is 3.83. The summed E-state index contributed by atoms with van der Waals surface area (Å²) in [7, 11) is 1.39. The van der Waals surface area contributed by atoms with E-state index in [0.29, 0.717) is 12.0 Å². The number of carbonyl (C=O) groups excluding carboxylic acids is 1. The number of nitrogens with zero attached hydrogens (tertiary/aromatic N) is 2. The summed E-state index contributed by atoms with van der Waals surface area (Å²) in [5, 5.41) is 4.03. The maximum absolute atomic E-state index is 13.9. The van der Waals surface area contributed by atoms with Gasteiger partial charge < -0.3 is 5.73 Å². The number of benzene rings is 1. The molecule has 106 valence electrons. The quantitative estimate of drug-likeness (QED) is 0.933. The molecule has 6 heteroatoms. The highest BCUT2D eigenvalue weighted by molar-refractivity contribution is 5.94. The number of primary amides is 1. The van der Waals surface area contributed by atoms with Crippen molar-refractivity contribution in [3.05, 3.63) is 52.9 Å². The van der Waals surface area contributed by atoms with Crippen LogP contribution in [0.15, 0.2) is 24.3 Å². The number of rotatable bonds is 4. The van der Waals surface area contributed by atoms with E-state index in [9.17, 15) is 13.6 Å². The number of aryl methyl sites for hydroxylation is 1. The highest BCUT2D eigenvalue weighted by Gasteiger charge is 2.27. The highest BCUT2D eigenvalue weighted by atomic mass is 19.1. The normalized spacial score (nSPS) is 12.4. The number of hydrogen-bond acceptors (Lipinski definition) is 2. The summed E-state index contributed by atoms with van der Waals surface area (Å²) >= 11 is 0. The molecular formula is C14H15F2N3O. The van der Waals surface area contributed by atoms with Gasteiger partial charge in [0, 0.05) is 13.0 Å². The minimum atomic E-state index is -0.875. The van der Waals surface area contributed by atoms with Crippen LogP contribution in [-0.4, -0.2) is 15.7 Å². The first-order valence-corrected chi connectivity index (χ1v) is 6.23. The van der Waals surface area contributed by atoms with E-state index in [2.05, 4.69) is 5.10 Å². The zero-order valence-electron chi connectivity index (χ0n) is 11.2. The molecule has 1 amide bonds. The summed E-state index contributed by atoms with van der Waals surface area (Å²) in [4.78, 5) is 11.4. The van der Waals surface area contributed by atoms with Crippen LogP contribution in [0.25, 0.3) is 0 Å². The summed E-state index contributed by atoms with van der Waals surface area (Å²) in [6, 6.07) is 5.96. The lowest BCUT2D eigenvalue weighted by Gasteiger charge is -2.14. The van der Waals surface area contributed by atoms with Crippen molar-refractivity contribution in [3.8, 4) is 0 Å². The van der Waals surface area contributed by atoms with Gasteiger partial charge in [-0.3, -0.25) is 4.79 Å². The molecule has 1 heterocycles. The van der Waals surface area contributed by atoms with Crippen LogP contribution in [0, 0.1) is 11.8 Å². The molecule has 1 unspecified atom stereocenters. The first-order valence-electron chi connectivity index (χ1n) is 6.23. The van der Waals surface area contributed by atoms with E-state index in [4.69, 9.17) is 5.73 Å². The standard InChI is InChI=1S/C14H15F2N3O/c1-3-10(8-5-4-6-9(15)7-8)12-11(14(17)20)13(16)19(2)18-12/h4-7,10H,3H2,1-2H3,(H2,17,20). The van der Waals surface area contributed by atoms with Crippen LogP contribution in [-0.2, 0) is 7.05 Å². The van der Waals surface area contributed by atoms with Crippen molar-refractivity contribution < 1.29 is 13.6 Å². The molecule has 0 bridgehead atoms. The Bertz CT molecular complexity index is 652. The number of carbonyl (C=O) groups is 1. The van der Waals surface area contributed by atoms with Crippen molar-refractivity contribution in [2.24, 2.45) is 12.8 Å². The molecule has 0 spiro atoms. The first-order chi connectivity index (χ1) is 9.45. The zero-order chi connectivity index (χ0) is 14.9. The topological polar surface area (TPSA) is 60.9 Å². The minimum Gasteiger partial charge on any atom is -0.365 e. The van der Waals surface area contributed by atoms with Crippen LogP contribution in [0.3, 0.4) is 0 Å². The summed E-state index contributed by atoms with van der Waals surface area (Å²) in [6.45, 7) is 1.85. The van der Waals surface area contributed by atoms with Gasteiger partial charge in [-0.2, -0.15) is 9.49 Å². The van der Waals surface area contributed by atoms with E-state index in [1.165, 1.54) is 19.2 Å². The summed E-state index contributed by atoms with van der Waals surface area (Å²) in [5.41, 5.74) is 5.86. The van der Waals surface area contributed by atoms with Gasteiger partial charge in [-0.05, 0) is 24.1 Å². The summed E-state index contributed by atoms with van der Waals surface area (Å²) in [6.07, 6.45) is 0.542. The lowest BCUT2D eigenvalue weighted by Crippen LogP contribution is -2.16. The molecule has 0 saturated heterocycles. The van der Waals surface area contributed by atoms with Crippen molar-refractivity contribution in [1.29, 1.82) is 0 Å². The maximum atomic E-state index is 13.9. The fraction of sp³-hybridized carbons (Fsp3) is 0.286. The molecule has 2 rings (SSSR count). The molecule has 0 aliphatic carbocycles. The van der Waals surface area contributed by atoms with Gasteiger partial charge in [-0.1, -0.05) is 19.1 Å². The van der Waals surface area contributed by atoms with Crippen molar-refractivity contribution in [3.63, 3.8) is 0 Å². The van der Waals surface area contributed by atoms with Gasteiger partial charge in [0.15, 0.2) is 0 Å². The van der Waals surface area contributed by atoms with Crippen molar-refractivity contribution in [2.75, 3.05) is 0 Å². The fourth-order valence-electron chi connectivity index (χ4n) is 2.31. The molecule has 1 aromatic heterocycles. The monoisotopic (exact) mass is 279 g/mol. The predicted molar refractivity (Wildman–Crippen MR) is 70.2 cm³/mol. The van der Waals surface area contributed by atoms with Crippen LogP contribution < -0.4 is 5.73 Å². The van der Waals surface area contributed by atoms with Crippen LogP contribution >= 0.6 is 0 Å². The van der Waals surface area contributed by atoms with Crippen molar-refractivity contribution >= 4 is 5.91 Å². The Morgan fingerprint density at radius 3 is 2.70 bits per heavy atom. The van der Waals surface area contributed by atoms with Crippen molar-refractivity contribution in [2.45, 2.75) is 19.3 Å². The Morgan fingerprint density at radius 1 is 1.45 bits per heavy atom. The van der Waals surface area contributed by atoms with E-state index in [0.717, 1.165) is 4.68 Å². The van der Waals surface area contributed by atoms with Gasteiger partial charge >= 0.3 is 0 Å². The third-order valence-electron chi connectivity index (χ3n) is 3.24. The average molecular weight is 279 g/mol. The molecule has 1 aromatic carbocycles. The van der Waals surface area contributed by atoms with Crippen LogP contribution in [0.1, 0.15) is 40.9 Å². The van der Waals surface area contributed by atoms with Crippen molar-refractivity contribution in [1.82, 2.24) is 9.78 Å². The molecule has 4 nitrogen and oxygen atoms in total. The lowest BCUT2D eigenvalue weighted by atomic mass is 9.91. The average Bonchev–Trinajstić information content (AvgIpc) is 2.67. The Hall–Kier alpha value is -2.24. The number of halogens is 2. The predicted octanol–water partition coefficient (Wildman–Crippen LogP) is 2.34. The molecule has 1 atom stereocenters. The highest BCUT2D eigenvalue weighted by Crippen LogP contribution is 2.30. The molecule has 0 fully saturated rings. The number of amides is 1. The second-order valence-corrected chi connectivity index (χ2v) is 4.55. The Labute approximate surface area is 115 Å². The third-order valence-corrected chi connectivity index (χ3v) is 3.24. The molecule has 0 radical (unpaired) electrons. The Balaban J connectivity index is 2.58. The fourth-order valence-corrected chi connectivity index (χ4v) is 2.31. The molecule has 0 aliphatic rings. The SMILES string of the molecule is CCC(c1cccc(F)c1)c1nn(C)c(F)c1C(N)=O. The van der Waals surface area contributed by atoms with E-state index < -0.39 is 17.7 Å². The maximum Gasteiger partial charge on any atom is 0.255 e. The van der Waals surface area contributed by atoms with E-state index in [1.807, 2.05) is 6.92 Å². The number of aromatic nitrogens is 2. The Morgan fingerprint density at radius 2 is 2.15 bits per heavy atom. The first kappa shape index (κ1) is 14.2. The van der Waals surface area contributed by atoms with E-state index in [1.54, 1.807) is 12.1 Å². The van der Waals surface area contributed by atoms with Gasteiger partial charge in [0.1, 0.15) is 11.4 Å². The molecule has 2 aromatic rings. The largest absolute Gasteiger partial charge is 0.365 e. The zero-order valence-corrected chi connectivity index (χ0v) is 11.2. The summed E-state index contributed by atoms with van der Waals surface area (Å²) in [5.74, 6) is -2.43. The minimum absolute atomic E-state index is 0.233. The summed E-state index contributed by atoms with van der Waals surface area (Å²) < 4.78 is 28.2. The van der Waals surface area contributed by atoms with Gasteiger partial charge in [0.2, 0.25) is 5.95 Å². The van der Waals surface area contributed by atoms with Crippen LogP contribution in [0.4, 0.5) is 8.78 Å².